The first kappa shape index (κ1) is 25.5. The van der Waals surface area contributed by atoms with E-state index in [1.807, 2.05) is 30.3 Å². The van der Waals surface area contributed by atoms with Gasteiger partial charge in [0.2, 0.25) is 5.91 Å². The lowest BCUT2D eigenvalue weighted by Gasteiger charge is -2.43. The minimum Gasteiger partial charge on any atom is -0.508 e. The first-order chi connectivity index (χ1) is 15.9. The lowest BCUT2D eigenvalue weighted by atomic mass is 9.89. The fraction of sp³-hybridized carbons (Fsp3) is 0.462. The third kappa shape index (κ3) is 6.47. The van der Waals surface area contributed by atoms with Crippen LogP contribution in [0.5, 0.6) is 5.75 Å². The molecule has 184 valence electrons. The molecule has 7 nitrogen and oxygen atoms in total. The Kier molecular flexibility index (Phi) is 7.82. The van der Waals surface area contributed by atoms with Crippen molar-refractivity contribution in [3.8, 4) is 5.75 Å². The Morgan fingerprint density at radius 3 is 2.44 bits per heavy atom. The topological polar surface area (TPSA) is 90.3 Å². The van der Waals surface area contributed by atoms with Crippen LogP contribution < -0.4 is 0 Å². The fourth-order valence-electron chi connectivity index (χ4n) is 4.17. The highest BCUT2D eigenvalue weighted by Gasteiger charge is 2.44. The maximum Gasteiger partial charge on any atom is 0.411 e. The van der Waals surface area contributed by atoms with Crippen molar-refractivity contribution in [3.05, 3.63) is 65.5 Å². The molecule has 0 saturated carbocycles. The van der Waals surface area contributed by atoms with Crippen LogP contribution in [0.1, 0.15) is 38.8 Å². The Morgan fingerprint density at radius 2 is 1.82 bits per heavy atom. The van der Waals surface area contributed by atoms with Crippen LogP contribution >= 0.6 is 0 Å². The number of aliphatic hydroxyl groups is 1. The Morgan fingerprint density at radius 1 is 1.15 bits per heavy atom. The maximum absolute atomic E-state index is 13.7. The molecule has 0 aliphatic carbocycles. The quantitative estimate of drug-likeness (QED) is 0.669. The standard InChI is InChI=1S/C26H33FN2O5/c1-17(12-19-13-20(27)15-21(30)14-19)23(31)22-24(32)28(16-18-8-6-5-7-9-18)10-11-29(22)25(33)34-26(2,3)4/h5-9,13-15,17,22-23,30-31H,10-12,16H2,1-4H3/t17-,22-,23-/m0/s1. The molecule has 2 N–H and O–H groups in total. The number of hydrogen-bond acceptors (Lipinski definition) is 5. The van der Waals surface area contributed by atoms with Crippen LogP contribution in [-0.2, 0) is 22.5 Å². The zero-order valence-corrected chi connectivity index (χ0v) is 20.1. The van der Waals surface area contributed by atoms with Crippen molar-refractivity contribution in [1.82, 2.24) is 9.80 Å². The summed E-state index contributed by atoms with van der Waals surface area (Å²) in [5.74, 6) is -1.69. The summed E-state index contributed by atoms with van der Waals surface area (Å²) in [5, 5.41) is 21.0. The molecule has 0 bridgehead atoms. The van der Waals surface area contributed by atoms with E-state index in [0.717, 1.165) is 11.6 Å². The average Bonchev–Trinajstić information content (AvgIpc) is 2.73. The first-order valence-electron chi connectivity index (χ1n) is 11.4. The molecule has 1 fully saturated rings. The molecule has 1 aliphatic rings. The van der Waals surface area contributed by atoms with Gasteiger partial charge in [-0.25, -0.2) is 9.18 Å². The number of rotatable bonds is 6. The Labute approximate surface area is 199 Å². The summed E-state index contributed by atoms with van der Waals surface area (Å²) in [5.41, 5.74) is 0.664. The summed E-state index contributed by atoms with van der Waals surface area (Å²) in [6.07, 6.45) is -1.69. The number of phenolic OH excluding ortho intramolecular Hbond substituents is 1. The second kappa shape index (κ2) is 10.4. The first-order valence-corrected chi connectivity index (χ1v) is 11.4. The minimum absolute atomic E-state index is 0.205. The molecule has 0 spiro atoms. The minimum atomic E-state index is -1.23. The van der Waals surface area contributed by atoms with Crippen LogP contribution in [0.25, 0.3) is 0 Å². The molecule has 2 aromatic rings. The summed E-state index contributed by atoms with van der Waals surface area (Å²) >= 11 is 0. The Balaban J connectivity index is 1.84. The number of benzene rings is 2. The molecule has 8 heteroatoms. The molecule has 1 aliphatic heterocycles. The number of amides is 2. The number of halogens is 1. The number of hydrogen-bond donors (Lipinski definition) is 2. The molecule has 2 amide bonds. The second-order valence-corrected chi connectivity index (χ2v) is 9.85. The van der Waals surface area contributed by atoms with E-state index in [4.69, 9.17) is 4.74 Å². The van der Waals surface area contributed by atoms with Crippen LogP contribution in [0, 0.1) is 11.7 Å². The van der Waals surface area contributed by atoms with Crippen molar-refractivity contribution >= 4 is 12.0 Å². The summed E-state index contributed by atoms with van der Waals surface area (Å²) < 4.78 is 19.2. The molecule has 1 heterocycles. The van der Waals surface area contributed by atoms with E-state index in [1.165, 1.54) is 17.0 Å². The predicted octanol–water partition coefficient (Wildman–Crippen LogP) is 3.72. The Bertz CT molecular complexity index is 988. The van der Waals surface area contributed by atoms with Gasteiger partial charge in [-0.1, -0.05) is 37.3 Å². The van der Waals surface area contributed by atoms with E-state index in [2.05, 4.69) is 0 Å². The van der Waals surface area contributed by atoms with Crippen molar-refractivity contribution < 1.29 is 28.9 Å². The van der Waals surface area contributed by atoms with E-state index in [-0.39, 0.29) is 24.6 Å². The highest BCUT2D eigenvalue weighted by molar-refractivity contribution is 5.87. The number of phenols is 1. The fourth-order valence-corrected chi connectivity index (χ4v) is 4.17. The summed E-state index contributed by atoms with van der Waals surface area (Å²) in [6.45, 7) is 7.82. The van der Waals surface area contributed by atoms with Gasteiger partial charge in [-0.3, -0.25) is 9.69 Å². The van der Waals surface area contributed by atoms with Gasteiger partial charge in [0.15, 0.2) is 0 Å². The highest BCUT2D eigenvalue weighted by Crippen LogP contribution is 2.26. The van der Waals surface area contributed by atoms with Crippen LogP contribution in [0.2, 0.25) is 0 Å². The van der Waals surface area contributed by atoms with Crippen LogP contribution in [0.15, 0.2) is 48.5 Å². The lowest BCUT2D eigenvalue weighted by Crippen LogP contribution is -2.64. The zero-order valence-electron chi connectivity index (χ0n) is 20.1. The number of carbonyl (C=O) groups is 2. The van der Waals surface area contributed by atoms with Gasteiger partial charge < -0.3 is 19.8 Å². The molecule has 0 aromatic heterocycles. The normalized spacial score (nSPS) is 18.5. The van der Waals surface area contributed by atoms with Gasteiger partial charge in [0, 0.05) is 25.7 Å². The molecule has 0 unspecified atom stereocenters. The smallest absolute Gasteiger partial charge is 0.411 e. The highest BCUT2D eigenvalue weighted by atomic mass is 19.1. The van der Waals surface area contributed by atoms with Gasteiger partial charge in [0.1, 0.15) is 23.2 Å². The molecule has 3 rings (SSSR count). The second-order valence-electron chi connectivity index (χ2n) is 9.85. The molecule has 34 heavy (non-hydrogen) atoms. The monoisotopic (exact) mass is 472 g/mol. The maximum atomic E-state index is 13.7. The van der Waals surface area contributed by atoms with Crippen LogP contribution in [0.4, 0.5) is 9.18 Å². The van der Waals surface area contributed by atoms with Crippen molar-refractivity contribution in [2.75, 3.05) is 13.1 Å². The number of nitrogens with zero attached hydrogens (tertiary/aromatic N) is 2. The Hall–Kier alpha value is -3.13. The average molecular weight is 473 g/mol. The van der Waals surface area contributed by atoms with Crippen molar-refractivity contribution in [2.45, 2.75) is 58.4 Å². The SMILES string of the molecule is C[C@@H](Cc1cc(O)cc(F)c1)[C@H](O)[C@H]1C(=O)N(Cc2ccccc2)CCN1C(=O)OC(C)(C)C. The number of aromatic hydroxyl groups is 1. The van der Waals surface area contributed by atoms with Crippen molar-refractivity contribution in [3.63, 3.8) is 0 Å². The molecular weight excluding hydrogens is 439 g/mol. The summed E-state index contributed by atoms with van der Waals surface area (Å²) in [7, 11) is 0. The van der Waals surface area contributed by atoms with Gasteiger partial charge in [-0.15, -0.1) is 0 Å². The van der Waals surface area contributed by atoms with Gasteiger partial charge >= 0.3 is 6.09 Å². The number of aliphatic hydroxyl groups excluding tert-OH is 1. The van der Waals surface area contributed by atoms with E-state index < -0.39 is 35.6 Å². The molecule has 0 radical (unpaired) electrons. The number of carbonyl (C=O) groups excluding carboxylic acids is 2. The van der Waals surface area contributed by atoms with Crippen molar-refractivity contribution in [1.29, 1.82) is 0 Å². The summed E-state index contributed by atoms with van der Waals surface area (Å²) in [6, 6.07) is 12.0. The largest absolute Gasteiger partial charge is 0.508 e. The molecule has 3 atom stereocenters. The molecule has 1 saturated heterocycles. The van der Waals surface area contributed by atoms with Crippen LogP contribution in [-0.4, -0.2) is 62.8 Å². The third-order valence-corrected chi connectivity index (χ3v) is 5.76. The van der Waals surface area contributed by atoms with E-state index in [0.29, 0.717) is 18.7 Å². The lowest BCUT2D eigenvalue weighted by molar-refractivity contribution is -0.149. The van der Waals surface area contributed by atoms with Gasteiger partial charge in [0.25, 0.3) is 0 Å². The third-order valence-electron chi connectivity index (χ3n) is 5.76. The number of piperazine rings is 1. The van der Waals surface area contributed by atoms with Gasteiger partial charge in [-0.05, 0) is 56.4 Å². The van der Waals surface area contributed by atoms with E-state index >= 15 is 0 Å². The van der Waals surface area contributed by atoms with E-state index in [1.54, 1.807) is 32.6 Å². The zero-order chi connectivity index (χ0) is 25.0. The van der Waals surface area contributed by atoms with Crippen molar-refractivity contribution in [2.24, 2.45) is 5.92 Å². The summed E-state index contributed by atoms with van der Waals surface area (Å²) in [4.78, 5) is 29.4. The van der Waals surface area contributed by atoms with E-state index in [9.17, 15) is 24.2 Å². The molecule has 2 aromatic carbocycles. The van der Waals surface area contributed by atoms with Crippen LogP contribution in [0.3, 0.4) is 0 Å². The number of ether oxygens (including phenoxy) is 1. The van der Waals surface area contributed by atoms with Gasteiger partial charge in [-0.2, -0.15) is 0 Å². The van der Waals surface area contributed by atoms with Gasteiger partial charge in [0.05, 0.1) is 6.10 Å². The molecular formula is C26H33FN2O5. The predicted molar refractivity (Wildman–Crippen MR) is 126 cm³/mol.